The molecule has 0 spiro atoms. The Morgan fingerprint density at radius 3 is 2.38 bits per heavy atom. The van der Waals surface area contributed by atoms with Crippen molar-refractivity contribution in [1.82, 2.24) is 4.31 Å². The van der Waals surface area contributed by atoms with Crippen molar-refractivity contribution in [3.63, 3.8) is 0 Å². The number of hydrogen-bond acceptors (Lipinski definition) is 3. The zero-order valence-electron chi connectivity index (χ0n) is 12.6. The molecule has 1 unspecified atom stereocenters. The number of halogens is 1. The summed E-state index contributed by atoms with van der Waals surface area (Å²) in [6, 6.07) is 2.40. The summed E-state index contributed by atoms with van der Waals surface area (Å²) in [6.45, 7) is 7.26. The van der Waals surface area contributed by atoms with Gasteiger partial charge in [0.15, 0.2) is 0 Å². The van der Waals surface area contributed by atoms with E-state index < -0.39 is 16.0 Å². The Morgan fingerprint density at radius 2 is 1.95 bits per heavy atom. The van der Waals surface area contributed by atoms with Gasteiger partial charge in [0.1, 0.15) is 0 Å². The van der Waals surface area contributed by atoms with E-state index in [0.29, 0.717) is 13.0 Å². The number of nitrogens with zero attached hydrogens (tertiary/aromatic N) is 1. The van der Waals surface area contributed by atoms with Gasteiger partial charge >= 0.3 is 5.97 Å². The molecule has 1 aromatic rings. The smallest absolute Gasteiger partial charge is 0.336 e. The quantitative estimate of drug-likeness (QED) is 0.867. The van der Waals surface area contributed by atoms with Crippen molar-refractivity contribution >= 4 is 27.6 Å². The molecule has 1 rings (SSSR count). The molecule has 0 bridgehead atoms. The summed E-state index contributed by atoms with van der Waals surface area (Å²) in [7, 11) is -3.79. The summed E-state index contributed by atoms with van der Waals surface area (Å²) in [5, 5.41) is 9.26. The monoisotopic (exact) mass is 333 g/mol. The van der Waals surface area contributed by atoms with Gasteiger partial charge in [-0.2, -0.15) is 4.31 Å². The molecule has 5 nitrogen and oxygen atoms in total. The average molecular weight is 334 g/mol. The van der Waals surface area contributed by atoms with Gasteiger partial charge in [0, 0.05) is 17.6 Å². The van der Waals surface area contributed by atoms with Gasteiger partial charge in [-0.05, 0) is 38.0 Å². The third-order valence-corrected chi connectivity index (χ3v) is 5.97. The topological polar surface area (TPSA) is 74.7 Å². The van der Waals surface area contributed by atoms with Crippen LogP contribution in [0, 0.1) is 6.92 Å². The Morgan fingerprint density at radius 1 is 1.38 bits per heavy atom. The SMILES string of the molecule is CCC(C)N(CC)S(=O)(=O)c1cc(Cl)cc(C(=O)O)c1C. The lowest BCUT2D eigenvalue weighted by Gasteiger charge is -2.27. The Balaban J connectivity index is 3.55. The molecular weight excluding hydrogens is 314 g/mol. The van der Waals surface area contributed by atoms with Gasteiger partial charge < -0.3 is 5.11 Å². The molecule has 0 aliphatic carbocycles. The van der Waals surface area contributed by atoms with E-state index >= 15 is 0 Å². The molecule has 118 valence electrons. The van der Waals surface area contributed by atoms with Crippen molar-refractivity contribution in [2.45, 2.75) is 45.1 Å². The fourth-order valence-corrected chi connectivity index (χ4v) is 4.46. The maximum absolute atomic E-state index is 12.8. The number of rotatable bonds is 6. The molecule has 1 atom stereocenters. The van der Waals surface area contributed by atoms with Crippen molar-refractivity contribution in [3.05, 3.63) is 28.3 Å². The van der Waals surface area contributed by atoms with E-state index in [1.54, 1.807) is 6.92 Å². The lowest BCUT2D eigenvalue weighted by molar-refractivity contribution is 0.0696. The molecule has 0 aliphatic heterocycles. The number of sulfonamides is 1. The molecule has 1 N–H and O–H groups in total. The standard InChI is InChI=1S/C14H20ClNO4S/c1-5-9(3)16(6-2)21(19,20)13-8-11(15)7-12(10(13)4)14(17)18/h7-9H,5-6H2,1-4H3,(H,17,18). The van der Waals surface area contributed by atoms with E-state index in [1.165, 1.54) is 23.4 Å². The normalized spacial score (nSPS) is 13.4. The van der Waals surface area contributed by atoms with E-state index in [0.717, 1.165) is 0 Å². The van der Waals surface area contributed by atoms with Crippen LogP contribution in [0.3, 0.4) is 0 Å². The Bertz CT molecular complexity index is 643. The molecule has 0 saturated heterocycles. The number of benzene rings is 1. The first kappa shape index (κ1) is 17.9. The van der Waals surface area contributed by atoms with Crippen molar-refractivity contribution in [1.29, 1.82) is 0 Å². The predicted molar refractivity (Wildman–Crippen MR) is 82.5 cm³/mol. The van der Waals surface area contributed by atoms with Crippen molar-refractivity contribution in [3.8, 4) is 0 Å². The first-order valence-corrected chi connectivity index (χ1v) is 8.53. The molecule has 0 radical (unpaired) electrons. The Kier molecular flexibility index (Phi) is 5.78. The number of carboxylic acids is 1. The minimum atomic E-state index is -3.79. The summed E-state index contributed by atoms with van der Waals surface area (Å²) < 4.78 is 26.9. The van der Waals surface area contributed by atoms with Crippen LogP contribution in [0.1, 0.15) is 43.1 Å². The highest BCUT2D eigenvalue weighted by Crippen LogP contribution is 2.28. The molecule has 21 heavy (non-hydrogen) atoms. The van der Waals surface area contributed by atoms with Crippen LogP contribution in [-0.4, -0.2) is 36.4 Å². The summed E-state index contributed by atoms with van der Waals surface area (Å²) in [5.74, 6) is -1.20. The third-order valence-electron chi connectivity index (χ3n) is 3.54. The first-order chi connectivity index (χ1) is 9.66. The maximum atomic E-state index is 12.8. The highest BCUT2D eigenvalue weighted by Gasteiger charge is 2.30. The minimum absolute atomic E-state index is 0.0467. The highest BCUT2D eigenvalue weighted by molar-refractivity contribution is 7.89. The highest BCUT2D eigenvalue weighted by atomic mass is 35.5. The molecule has 0 fully saturated rings. The van der Waals surface area contributed by atoms with E-state index in [4.69, 9.17) is 16.7 Å². The van der Waals surface area contributed by atoms with Gasteiger partial charge in [-0.1, -0.05) is 25.4 Å². The zero-order chi connectivity index (χ0) is 16.4. The van der Waals surface area contributed by atoms with Crippen LogP contribution in [-0.2, 0) is 10.0 Å². The molecule has 7 heteroatoms. The lowest BCUT2D eigenvalue weighted by Crippen LogP contribution is -2.38. The Labute approximate surface area is 130 Å². The maximum Gasteiger partial charge on any atom is 0.336 e. The average Bonchev–Trinajstić information content (AvgIpc) is 2.40. The van der Waals surface area contributed by atoms with E-state index in [2.05, 4.69) is 0 Å². The summed E-state index contributed by atoms with van der Waals surface area (Å²) in [4.78, 5) is 11.2. The van der Waals surface area contributed by atoms with Crippen LogP contribution < -0.4 is 0 Å². The van der Waals surface area contributed by atoms with E-state index in [1.807, 2.05) is 13.8 Å². The number of carboxylic acid groups (broad SMARTS) is 1. The molecule has 0 aliphatic rings. The van der Waals surface area contributed by atoms with Gasteiger partial charge in [-0.3, -0.25) is 0 Å². The molecule has 0 heterocycles. The van der Waals surface area contributed by atoms with Gasteiger partial charge in [0.2, 0.25) is 10.0 Å². The molecule has 1 aromatic carbocycles. The van der Waals surface area contributed by atoms with Crippen molar-refractivity contribution < 1.29 is 18.3 Å². The largest absolute Gasteiger partial charge is 0.478 e. The van der Waals surface area contributed by atoms with Crippen LogP contribution in [0.15, 0.2) is 17.0 Å². The molecule has 0 saturated carbocycles. The fraction of sp³-hybridized carbons (Fsp3) is 0.500. The van der Waals surface area contributed by atoms with E-state index in [9.17, 15) is 13.2 Å². The van der Waals surface area contributed by atoms with Crippen LogP contribution in [0.5, 0.6) is 0 Å². The van der Waals surface area contributed by atoms with Crippen molar-refractivity contribution in [2.75, 3.05) is 6.54 Å². The zero-order valence-corrected chi connectivity index (χ0v) is 14.1. The fourth-order valence-electron chi connectivity index (χ4n) is 2.19. The minimum Gasteiger partial charge on any atom is -0.478 e. The van der Waals surface area contributed by atoms with Crippen LogP contribution in [0.4, 0.5) is 0 Å². The summed E-state index contributed by atoms with van der Waals surface area (Å²) >= 11 is 5.89. The number of aromatic carboxylic acids is 1. The van der Waals surface area contributed by atoms with Crippen LogP contribution in [0.2, 0.25) is 5.02 Å². The third kappa shape index (κ3) is 3.56. The van der Waals surface area contributed by atoms with Gasteiger partial charge in [0.05, 0.1) is 10.5 Å². The first-order valence-electron chi connectivity index (χ1n) is 6.72. The summed E-state index contributed by atoms with van der Waals surface area (Å²) in [6.07, 6.45) is 0.665. The predicted octanol–water partition coefficient (Wildman–Crippen LogP) is 3.16. The molecule has 0 amide bonds. The second-order valence-corrected chi connectivity index (χ2v) is 7.14. The van der Waals surface area contributed by atoms with Crippen LogP contribution in [0.25, 0.3) is 0 Å². The van der Waals surface area contributed by atoms with Crippen LogP contribution >= 0.6 is 11.6 Å². The second-order valence-electron chi connectivity index (χ2n) is 4.85. The van der Waals surface area contributed by atoms with Gasteiger partial charge in [-0.15, -0.1) is 0 Å². The van der Waals surface area contributed by atoms with Gasteiger partial charge in [-0.25, -0.2) is 13.2 Å². The van der Waals surface area contributed by atoms with E-state index in [-0.39, 0.29) is 27.1 Å². The molecular formula is C14H20ClNO4S. The number of hydrogen-bond donors (Lipinski definition) is 1. The Hall–Kier alpha value is -1.11. The number of carbonyl (C=O) groups is 1. The van der Waals surface area contributed by atoms with Gasteiger partial charge in [0.25, 0.3) is 0 Å². The summed E-state index contributed by atoms with van der Waals surface area (Å²) in [5.41, 5.74) is 0.106. The second kappa shape index (κ2) is 6.77. The molecule has 0 aromatic heterocycles. The van der Waals surface area contributed by atoms with Crippen molar-refractivity contribution in [2.24, 2.45) is 0 Å². The lowest BCUT2D eigenvalue weighted by atomic mass is 10.1.